The van der Waals surface area contributed by atoms with Crippen molar-refractivity contribution in [3.63, 3.8) is 0 Å². The highest BCUT2D eigenvalue weighted by molar-refractivity contribution is 7.64. The predicted molar refractivity (Wildman–Crippen MR) is 198 cm³/mol. The summed E-state index contributed by atoms with van der Waals surface area (Å²) < 4.78 is 0. The van der Waals surface area contributed by atoms with Crippen LogP contribution in [0.15, 0.2) is 147 Å². The molecular formula is C41H38N3P. The third-order valence-electron chi connectivity index (χ3n) is 7.61. The molecule has 0 atom stereocenters. The number of rotatable bonds is 10. The van der Waals surface area contributed by atoms with Crippen LogP contribution in [-0.4, -0.2) is 28.3 Å². The molecule has 1 aromatic heterocycles. The van der Waals surface area contributed by atoms with Crippen LogP contribution in [0, 0.1) is 0 Å². The van der Waals surface area contributed by atoms with Gasteiger partial charge in [-0.2, -0.15) is 0 Å². The molecule has 4 heteroatoms. The van der Waals surface area contributed by atoms with E-state index in [4.69, 9.17) is 15.0 Å². The van der Waals surface area contributed by atoms with Crippen LogP contribution in [0.4, 0.5) is 0 Å². The van der Waals surface area contributed by atoms with E-state index in [2.05, 4.69) is 111 Å². The molecule has 3 nitrogen and oxygen atoms in total. The summed E-state index contributed by atoms with van der Waals surface area (Å²) in [6.45, 7) is 16.4. The monoisotopic (exact) mass is 603 g/mol. The molecule has 0 aliphatic heterocycles. The van der Waals surface area contributed by atoms with Crippen molar-refractivity contribution in [2.45, 2.75) is 13.8 Å². The SMILES string of the molecule is C=C/C=C\C(=C/C)c1nc(/C(C=C)=C/C=C\C)nc(-c2ccc(-c3ccc(-c4cccc(P(C)C)c4)c4ccccc34)cc2)n1. The van der Waals surface area contributed by atoms with E-state index in [0.29, 0.717) is 17.5 Å². The van der Waals surface area contributed by atoms with Crippen molar-refractivity contribution in [1.82, 2.24) is 15.0 Å². The summed E-state index contributed by atoms with van der Waals surface area (Å²) in [5, 5.41) is 3.88. The summed E-state index contributed by atoms with van der Waals surface area (Å²) >= 11 is 0. The quantitative estimate of drug-likeness (QED) is 0.118. The molecule has 4 aromatic carbocycles. The Balaban J connectivity index is 1.59. The fourth-order valence-corrected chi connectivity index (χ4v) is 6.00. The number of fused-ring (bicyclic) bond motifs is 1. The van der Waals surface area contributed by atoms with Crippen molar-refractivity contribution in [2.24, 2.45) is 0 Å². The first-order valence-electron chi connectivity index (χ1n) is 15.0. The molecule has 0 saturated carbocycles. The van der Waals surface area contributed by atoms with E-state index in [1.165, 1.54) is 32.8 Å². The predicted octanol–water partition coefficient (Wildman–Crippen LogP) is 10.7. The van der Waals surface area contributed by atoms with E-state index in [0.717, 1.165) is 22.3 Å². The van der Waals surface area contributed by atoms with Gasteiger partial charge in [0.15, 0.2) is 17.5 Å². The zero-order chi connectivity index (χ0) is 31.8. The summed E-state index contributed by atoms with van der Waals surface area (Å²) in [7, 11) is -0.166. The number of nitrogens with zero attached hydrogens (tertiary/aromatic N) is 3. The van der Waals surface area contributed by atoms with Crippen LogP contribution in [-0.2, 0) is 0 Å². The molecule has 5 aromatic rings. The van der Waals surface area contributed by atoms with Gasteiger partial charge in [0.1, 0.15) is 0 Å². The number of benzene rings is 4. The van der Waals surface area contributed by atoms with Crippen molar-refractivity contribution in [1.29, 1.82) is 0 Å². The van der Waals surface area contributed by atoms with Crippen LogP contribution in [0.1, 0.15) is 25.5 Å². The second-order valence-corrected chi connectivity index (χ2v) is 13.0. The molecule has 0 radical (unpaired) electrons. The minimum Gasteiger partial charge on any atom is -0.208 e. The van der Waals surface area contributed by atoms with Crippen molar-refractivity contribution in [3.05, 3.63) is 158 Å². The molecule has 0 amide bonds. The zero-order valence-electron chi connectivity index (χ0n) is 26.4. The number of hydrogen-bond acceptors (Lipinski definition) is 3. The van der Waals surface area contributed by atoms with Crippen LogP contribution < -0.4 is 5.30 Å². The first-order valence-corrected chi connectivity index (χ1v) is 17.3. The number of aromatic nitrogens is 3. The Morgan fingerprint density at radius 3 is 1.91 bits per heavy atom. The molecule has 1 heterocycles. The Kier molecular flexibility index (Phi) is 10.2. The highest BCUT2D eigenvalue weighted by Gasteiger charge is 2.14. The standard InChI is InChI=1S/C41H38N3P/c1-7-11-16-29(9-3)39-42-40(30(10-4)17-12-8-2)44-41(43-39)32-24-22-31(23-25-32)35-26-27-36(38-21-14-13-20-37(35)38)33-18-15-19-34(28-33)45(5)6/h7-28H,1,4H2,2-3,5-6H3/b12-8-,16-11-,29-9+,30-17+. The van der Waals surface area contributed by atoms with E-state index < -0.39 is 0 Å². The van der Waals surface area contributed by atoms with Gasteiger partial charge < -0.3 is 0 Å². The minimum absolute atomic E-state index is 0.166. The van der Waals surface area contributed by atoms with Crippen molar-refractivity contribution >= 4 is 35.1 Å². The second kappa shape index (κ2) is 14.7. The van der Waals surface area contributed by atoms with Gasteiger partial charge >= 0.3 is 0 Å². The summed E-state index contributed by atoms with van der Waals surface area (Å²) in [6.07, 6.45) is 15.2. The lowest BCUT2D eigenvalue weighted by atomic mass is 9.92. The van der Waals surface area contributed by atoms with E-state index in [1.807, 2.05) is 50.3 Å². The Bertz CT molecular complexity index is 1970. The third-order valence-corrected chi connectivity index (χ3v) is 8.93. The molecule has 0 unspecified atom stereocenters. The Morgan fingerprint density at radius 2 is 1.31 bits per heavy atom. The lowest BCUT2D eigenvalue weighted by Gasteiger charge is -2.14. The third kappa shape index (κ3) is 7.06. The molecular weight excluding hydrogens is 565 g/mol. The highest BCUT2D eigenvalue weighted by Crippen LogP contribution is 2.37. The van der Waals surface area contributed by atoms with E-state index in [9.17, 15) is 0 Å². The Morgan fingerprint density at radius 1 is 0.667 bits per heavy atom. The summed E-state index contributed by atoms with van der Waals surface area (Å²) in [5.41, 5.74) is 7.46. The van der Waals surface area contributed by atoms with Gasteiger partial charge in [0.05, 0.1) is 0 Å². The maximum Gasteiger partial charge on any atom is 0.164 e. The molecule has 5 rings (SSSR count). The fraction of sp³-hybridized carbons (Fsp3) is 0.0976. The maximum atomic E-state index is 4.89. The molecule has 0 saturated heterocycles. The van der Waals surface area contributed by atoms with Gasteiger partial charge in [0, 0.05) is 16.7 Å². The van der Waals surface area contributed by atoms with Crippen molar-refractivity contribution in [2.75, 3.05) is 13.3 Å². The largest absolute Gasteiger partial charge is 0.208 e. The fourth-order valence-electron chi connectivity index (χ4n) is 5.22. The highest BCUT2D eigenvalue weighted by atomic mass is 31.1. The molecule has 0 N–H and O–H groups in total. The van der Waals surface area contributed by atoms with E-state index in [1.54, 1.807) is 12.2 Å². The van der Waals surface area contributed by atoms with Gasteiger partial charge in [0.2, 0.25) is 0 Å². The summed E-state index contributed by atoms with van der Waals surface area (Å²) in [6, 6.07) is 30.6. The average molecular weight is 604 g/mol. The lowest BCUT2D eigenvalue weighted by molar-refractivity contribution is 1.00. The van der Waals surface area contributed by atoms with Crippen molar-refractivity contribution in [3.8, 4) is 33.6 Å². The Labute approximate surface area is 268 Å². The maximum absolute atomic E-state index is 4.89. The van der Waals surface area contributed by atoms with Crippen LogP contribution in [0.25, 0.3) is 55.6 Å². The Hall–Kier alpha value is -4.98. The van der Waals surface area contributed by atoms with Gasteiger partial charge in [-0.15, -0.1) is 0 Å². The van der Waals surface area contributed by atoms with Gasteiger partial charge in [-0.3, -0.25) is 0 Å². The molecule has 0 fully saturated rings. The van der Waals surface area contributed by atoms with Crippen molar-refractivity contribution < 1.29 is 0 Å². The molecule has 0 spiro atoms. The smallest absolute Gasteiger partial charge is 0.164 e. The second-order valence-electron chi connectivity index (χ2n) is 10.7. The van der Waals surface area contributed by atoms with Gasteiger partial charge in [-0.25, -0.2) is 15.0 Å². The molecule has 0 bridgehead atoms. The molecule has 222 valence electrons. The molecule has 0 aliphatic carbocycles. The van der Waals surface area contributed by atoms with E-state index >= 15 is 0 Å². The normalized spacial score (nSPS) is 12.5. The van der Waals surface area contributed by atoms with Gasteiger partial charge in [-0.1, -0.05) is 149 Å². The van der Waals surface area contributed by atoms with Crippen LogP contribution in [0.5, 0.6) is 0 Å². The average Bonchev–Trinajstić information content (AvgIpc) is 3.08. The number of hydrogen-bond donors (Lipinski definition) is 0. The van der Waals surface area contributed by atoms with Gasteiger partial charge in [0.25, 0.3) is 0 Å². The first kappa shape index (κ1) is 31.4. The van der Waals surface area contributed by atoms with Gasteiger partial charge in [-0.05, 0) is 71.6 Å². The molecule has 0 aliphatic rings. The summed E-state index contributed by atoms with van der Waals surface area (Å²) in [4.78, 5) is 14.6. The lowest BCUT2D eigenvalue weighted by Crippen LogP contribution is -2.04. The zero-order valence-corrected chi connectivity index (χ0v) is 27.3. The number of allylic oxidation sites excluding steroid dienone is 10. The minimum atomic E-state index is -0.166. The van der Waals surface area contributed by atoms with Crippen LogP contribution in [0.3, 0.4) is 0 Å². The first-order chi connectivity index (χ1) is 22.0. The summed E-state index contributed by atoms with van der Waals surface area (Å²) in [5.74, 6) is 1.77. The van der Waals surface area contributed by atoms with E-state index in [-0.39, 0.29) is 7.92 Å². The topological polar surface area (TPSA) is 38.7 Å². The van der Waals surface area contributed by atoms with Crippen LogP contribution >= 0.6 is 7.92 Å². The molecule has 45 heavy (non-hydrogen) atoms. The van der Waals surface area contributed by atoms with Crippen LogP contribution in [0.2, 0.25) is 0 Å².